The molecule has 2 unspecified atom stereocenters. The fourth-order valence-electron chi connectivity index (χ4n) is 2.27. The lowest BCUT2D eigenvalue weighted by atomic mass is 9.94. The molecule has 2 atom stereocenters. The van der Waals surface area contributed by atoms with Crippen LogP contribution in [0.1, 0.15) is 24.1 Å². The molecule has 1 aromatic rings. The molecule has 5 heteroatoms. The van der Waals surface area contributed by atoms with Crippen molar-refractivity contribution in [2.45, 2.75) is 19.4 Å². The van der Waals surface area contributed by atoms with Gasteiger partial charge in [-0.1, -0.05) is 31.2 Å². The third kappa shape index (κ3) is 3.64. The van der Waals surface area contributed by atoms with Crippen molar-refractivity contribution in [2.75, 3.05) is 24.6 Å². The minimum atomic E-state index is -0.829. The first kappa shape index (κ1) is 14.2. The van der Waals surface area contributed by atoms with Crippen molar-refractivity contribution in [3.05, 3.63) is 35.4 Å². The highest BCUT2D eigenvalue weighted by Gasteiger charge is 2.25. The smallest absolute Gasteiger partial charge is 0.241 e. The Balaban J connectivity index is 1.95. The Morgan fingerprint density at radius 3 is 3.05 bits per heavy atom. The molecule has 1 aliphatic heterocycles. The molecule has 0 spiro atoms. The van der Waals surface area contributed by atoms with Crippen molar-refractivity contribution in [1.29, 1.82) is 0 Å². The summed E-state index contributed by atoms with van der Waals surface area (Å²) in [7, 11) is -0.829. The SMILES string of the molecule is CCS(=O)CCNC(=O)C1NCCc2ccccc21. The maximum absolute atomic E-state index is 12.2. The van der Waals surface area contributed by atoms with Gasteiger partial charge in [-0.2, -0.15) is 0 Å². The van der Waals surface area contributed by atoms with Crippen LogP contribution < -0.4 is 10.6 Å². The van der Waals surface area contributed by atoms with Gasteiger partial charge >= 0.3 is 0 Å². The Bertz CT molecular complexity index is 476. The van der Waals surface area contributed by atoms with Gasteiger partial charge in [0.2, 0.25) is 5.91 Å². The molecule has 1 amide bonds. The zero-order chi connectivity index (χ0) is 13.7. The van der Waals surface area contributed by atoms with Gasteiger partial charge in [-0.05, 0) is 17.5 Å². The van der Waals surface area contributed by atoms with Gasteiger partial charge in [0, 0.05) is 35.4 Å². The average Bonchev–Trinajstić information content (AvgIpc) is 2.46. The molecule has 4 nitrogen and oxygen atoms in total. The van der Waals surface area contributed by atoms with E-state index < -0.39 is 10.8 Å². The highest BCUT2D eigenvalue weighted by molar-refractivity contribution is 7.84. The second-order valence-corrected chi connectivity index (χ2v) is 6.42. The Hall–Kier alpha value is -1.20. The van der Waals surface area contributed by atoms with E-state index >= 15 is 0 Å². The summed E-state index contributed by atoms with van der Waals surface area (Å²) in [6, 6.07) is 7.75. The predicted molar refractivity (Wildman–Crippen MR) is 77.4 cm³/mol. The highest BCUT2D eigenvalue weighted by atomic mass is 32.2. The number of fused-ring (bicyclic) bond motifs is 1. The second-order valence-electron chi connectivity index (χ2n) is 4.56. The van der Waals surface area contributed by atoms with Crippen molar-refractivity contribution < 1.29 is 9.00 Å². The van der Waals surface area contributed by atoms with Gasteiger partial charge in [0.05, 0.1) is 0 Å². The monoisotopic (exact) mass is 280 g/mol. The van der Waals surface area contributed by atoms with Crippen LogP contribution in [0.3, 0.4) is 0 Å². The Morgan fingerprint density at radius 2 is 2.26 bits per heavy atom. The molecular weight excluding hydrogens is 260 g/mol. The van der Waals surface area contributed by atoms with E-state index in [-0.39, 0.29) is 11.9 Å². The number of hydrogen-bond donors (Lipinski definition) is 2. The maximum Gasteiger partial charge on any atom is 0.241 e. The zero-order valence-corrected chi connectivity index (χ0v) is 12.0. The van der Waals surface area contributed by atoms with Crippen LogP contribution in [0.5, 0.6) is 0 Å². The Morgan fingerprint density at radius 1 is 1.47 bits per heavy atom. The van der Waals surface area contributed by atoms with Crippen LogP contribution in [0.25, 0.3) is 0 Å². The lowest BCUT2D eigenvalue weighted by molar-refractivity contribution is -0.123. The summed E-state index contributed by atoms with van der Waals surface area (Å²) < 4.78 is 11.3. The molecule has 1 aromatic carbocycles. The number of carbonyl (C=O) groups excluding carboxylic acids is 1. The van der Waals surface area contributed by atoms with E-state index in [0.29, 0.717) is 18.1 Å². The van der Waals surface area contributed by atoms with Crippen LogP contribution in [-0.2, 0) is 22.0 Å². The summed E-state index contributed by atoms with van der Waals surface area (Å²) in [4.78, 5) is 12.2. The largest absolute Gasteiger partial charge is 0.354 e. The third-order valence-electron chi connectivity index (χ3n) is 3.32. The van der Waals surface area contributed by atoms with Gasteiger partial charge in [-0.25, -0.2) is 0 Å². The molecule has 0 fully saturated rings. The lowest BCUT2D eigenvalue weighted by Crippen LogP contribution is -2.42. The van der Waals surface area contributed by atoms with Crippen LogP contribution in [-0.4, -0.2) is 34.7 Å². The van der Waals surface area contributed by atoms with Crippen molar-refractivity contribution in [3.8, 4) is 0 Å². The molecule has 1 aliphatic rings. The highest BCUT2D eigenvalue weighted by Crippen LogP contribution is 2.22. The van der Waals surface area contributed by atoms with Crippen molar-refractivity contribution >= 4 is 16.7 Å². The normalized spacial score (nSPS) is 19.5. The van der Waals surface area contributed by atoms with Gasteiger partial charge < -0.3 is 10.6 Å². The summed E-state index contributed by atoms with van der Waals surface area (Å²) in [6.45, 7) is 3.17. The van der Waals surface area contributed by atoms with Gasteiger partial charge in [0.15, 0.2) is 0 Å². The molecule has 0 aliphatic carbocycles. The minimum Gasteiger partial charge on any atom is -0.354 e. The maximum atomic E-state index is 12.2. The number of benzene rings is 1. The van der Waals surface area contributed by atoms with Crippen molar-refractivity contribution in [2.24, 2.45) is 0 Å². The molecule has 19 heavy (non-hydrogen) atoms. The molecule has 0 radical (unpaired) electrons. The van der Waals surface area contributed by atoms with Crippen LogP contribution in [0, 0.1) is 0 Å². The Labute approximate surface area is 116 Å². The number of nitrogens with one attached hydrogen (secondary N) is 2. The van der Waals surface area contributed by atoms with Crippen LogP contribution in [0.2, 0.25) is 0 Å². The van der Waals surface area contributed by atoms with Crippen molar-refractivity contribution in [3.63, 3.8) is 0 Å². The van der Waals surface area contributed by atoms with E-state index in [2.05, 4.69) is 16.7 Å². The first-order chi connectivity index (χ1) is 9.22. The van der Waals surface area contributed by atoms with Gasteiger partial charge in [-0.15, -0.1) is 0 Å². The number of hydrogen-bond acceptors (Lipinski definition) is 3. The molecule has 104 valence electrons. The molecule has 0 saturated heterocycles. The van der Waals surface area contributed by atoms with E-state index in [1.807, 2.05) is 25.1 Å². The van der Waals surface area contributed by atoms with Gasteiger partial charge in [0.1, 0.15) is 6.04 Å². The second kappa shape index (κ2) is 6.82. The molecular formula is C14H20N2O2S. The van der Waals surface area contributed by atoms with E-state index in [0.717, 1.165) is 18.5 Å². The quantitative estimate of drug-likeness (QED) is 0.837. The number of rotatable bonds is 5. The van der Waals surface area contributed by atoms with E-state index in [9.17, 15) is 9.00 Å². The van der Waals surface area contributed by atoms with E-state index in [4.69, 9.17) is 0 Å². The first-order valence-corrected chi connectivity index (χ1v) is 8.15. The molecule has 0 bridgehead atoms. The van der Waals surface area contributed by atoms with Gasteiger partial charge in [0.25, 0.3) is 0 Å². The predicted octanol–water partition coefficient (Wildman–Crippen LogP) is 0.758. The summed E-state index contributed by atoms with van der Waals surface area (Å²) >= 11 is 0. The lowest BCUT2D eigenvalue weighted by Gasteiger charge is -2.26. The third-order valence-corrected chi connectivity index (χ3v) is 4.63. The van der Waals surface area contributed by atoms with Crippen molar-refractivity contribution in [1.82, 2.24) is 10.6 Å². The molecule has 0 aromatic heterocycles. The molecule has 0 saturated carbocycles. The topological polar surface area (TPSA) is 58.2 Å². The summed E-state index contributed by atoms with van der Waals surface area (Å²) in [6.07, 6.45) is 0.958. The number of carbonyl (C=O) groups is 1. The van der Waals surface area contributed by atoms with E-state index in [1.54, 1.807) is 0 Å². The first-order valence-electron chi connectivity index (χ1n) is 6.66. The summed E-state index contributed by atoms with van der Waals surface area (Å²) in [5.41, 5.74) is 2.29. The minimum absolute atomic E-state index is 0.0275. The number of amides is 1. The van der Waals surface area contributed by atoms with Gasteiger partial charge in [-0.3, -0.25) is 9.00 Å². The van der Waals surface area contributed by atoms with E-state index in [1.165, 1.54) is 5.56 Å². The van der Waals surface area contributed by atoms with Crippen LogP contribution in [0.15, 0.2) is 24.3 Å². The molecule has 2 rings (SSSR count). The molecule has 1 heterocycles. The fourth-order valence-corrected chi connectivity index (χ4v) is 2.89. The Kier molecular flexibility index (Phi) is 5.10. The molecule has 2 N–H and O–H groups in total. The summed E-state index contributed by atoms with van der Waals surface area (Å²) in [5, 5.41) is 6.10. The zero-order valence-electron chi connectivity index (χ0n) is 11.1. The summed E-state index contributed by atoms with van der Waals surface area (Å²) in [5.74, 6) is 1.14. The van der Waals surface area contributed by atoms with Crippen LogP contribution in [0.4, 0.5) is 0 Å². The fraction of sp³-hybridized carbons (Fsp3) is 0.500. The average molecular weight is 280 g/mol. The van der Waals surface area contributed by atoms with Crippen LogP contribution >= 0.6 is 0 Å². The standard InChI is InChI=1S/C14H20N2O2S/c1-2-19(18)10-9-16-14(17)13-12-6-4-3-5-11(12)7-8-15-13/h3-6,13,15H,2,7-10H2,1H3,(H,16,17).